The SMILES string of the molecule is COc1cc(C(N)=S)ccc1NC(=O)c1cncnc1. The maximum absolute atomic E-state index is 12.0. The van der Waals surface area contributed by atoms with Gasteiger partial charge in [0.15, 0.2) is 0 Å². The van der Waals surface area contributed by atoms with Crippen molar-refractivity contribution < 1.29 is 9.53 Å². The van der Waals surface area contributed by atoms with Gasteiger partial charge in [-0.1, -0.05) is 12.2 Å². The number of carbonyl (C=O) groups is 1. The number of carbonyl (C=O) groups excluding carboxylic acids is 1. The van der Waals surface area contributed by atoms with Gasteiger partial charge in [0.05, 0.1) is 18.4 Å². The molecule has 102 valence electrons. The van der Waals surface area contributed by atoms with Crippen LogP contribution in [-0.4, -0.2) is 28.0 Å². The van der Waals surface area contributed by atoms with E-state index in [0.29, 0.717) is 22.6 Å². The molecule has 2 aromatic rings. The van der Waals surface area contributed by atoms with Crippen molar-refractivity contribution in [3.8, 4) is 5.75 Å². The first-order valence-corrected chi connectivity index (χ1v) is 6.07. The summed E-state index contributed by atoms with van der Waals surface area (Å²) in [6.07, 6.45) is 4.21. The summed E-state index contributed by atoms with van der Waals surface area (Å²) in [6, 6.07) is 5.05. The lowest BCUT2D eigenvalue weighted by molar-refractivity contribution is 0.102. The van der Waals surface area contributed by atoms with Crippen molar-refractivity contribution >= 4 is 28.8 Å². The number of methoxy groups -OCH3 is 1. The minimum Gasteiger partial charge on any atom is -0.495 e. The van der Waals surface area contributed by atoms with Gasteiger partial charge in [0.2, 0.25) is 0 Å². The number of hydrogen-bond acceptors (Lipinski definition) is 5. The molecule has 2 rings (SSSR count). The fraction of sp³-hybridized carbons (Fsp3) is 0.0769. The van der Waals surface area contributed by atoms with Gasteiger partial charge in [-0.15, -0.1) is 0 Å². The van der Waals surface area contributed by atoms with E-state index in [-0.39, 0.29) is 10.9 Å². The number of hydrogen-bond donors (Lipinski definition) is 2. The smallest absolute Gasteiger partial charge is 0.258 e. The number of rotatable bonds is 4. The number of anilines is 1. The van der Waals surface area contributed by atoms with E-state index in [1.807, 2.05) is 0 Å². The molecule has 0 aliphatic heterocycles. The molecule has 0 saturated carbocycles. The maximum Gasteiger partial charge on any atom is 0.258 e. The standard InChI is InChI=1S/C13H12N4O2S/c1-19-11-4-8(12(14)20)2-3-10(11)17-13(18)9-5-15-7-16-6-9/h2-7H,1H3,(H2,14,20)(H,17,18). The Labute approximate surface area is 121 Å². The Morgan fingerprint density at radius 1 is 1.30 bits per heavy atom. The number of ether oxygens (including phenoxy) is 1. The molecular formula is C13H12N4O2S. The van der Waals surface area contributed by atoms with E-state index in [1.54, 1.807) is 18.2 Å². The third-order valence-electron chi connectivity index (χ3n) is 2.56. The van der Waals surface area contributed by atoms with Crippen LogP contribution in [0.25, 0.3) is 0 Å². The third kappa shape index (κ3) is 3.07. The Balaban J connectivity index is 2.25. The zero-order valence-corrected chi connectivity index (χ0v) is 11.5. The number of aromatic nitrogens is 2. The van der Waals surface area contributed by atoms with Crippen LogP contribution >= 0.6 is 12.2 Å². The van der Waals surface area contributed by atoms with Crippen LogP contribution in [0.2, 0.25) is 0 Å². The number of benzene rings is 1. The van der Waals surface area contributed by atoms with Crippen LogP contribution in [0.15, 0.2) is 36.9 Å². The van der Waals surface area contributed by atoms with Crippen LogP contribution in [-0.2, 0) is 0 Å². The number of amides is 1. The summed E-state index contributed by atoms with van der Waals surface area (Å²) in [7, 11) is 1.50. The fourth-order valence-electron chi connectivity index (χ4n) is 1.56. The summed E-state index contributed by atoms with van der Waals surface area (Å²) in [4.78, 5) is 19.8. The van der Waals surface area contributed by atoms with E-state index in [9.17, 15) is 4.79 Å². The molecule has 0 unspecified atom stereocenters. The van der Waals surface area contributed by atoms with E-state index >= 15 is 0 Å². The van der Waals surface area contributed by atoms with Gasteiger partial charge in [0.1, 0.15) is 17.1 Å². The molecule has 1 aromatic carbocycles. The second kappa shape index (κ2) is 6.07. The Hall–Kier alpha value is -2.54. The molecule has 0 aliphatic rings. The number of nitrogens with two attached hydrogens (primary N) is 1. The molecule has 0 bridgehead atoms. The van der Waals surface area contributed by atoms with E-state index in [1.165, 1.54) is 25.8 Å². The molecule has 7 heteroatoms. The van der Waals surface area contributed by atoms with Crippen molar-refractivity contribution in [2.24, 2.45) is 5.73 Å². The normalized spacial score (nSPS) is 9.85. The highest BCUT2D eigenvalue weighted by molar-refractivity contribution is 7.80. The van der Waals surface area contributed by atoms with Crippen molar-refractivity contribution in [3.63, 3.8) is 0 Å². The largest absolute Gasteiger partial charge is 0.495 e. The first-order valence-electron chi connectivity index (χ1n) is 5.66. The summed E-state index contributed by atoms with van der Waals surface area (Å²) >= 11 is 4.90. The third-order valence-corrected chi connectivity index (χ3v) is 2.79. The minimum atomic E-state index is -0.327. The molecule has 0 atom stereocenters. The van der Waals surface area contributed by atoms with Crippen molar-refractivity contribution in [3.05, 3.63) is 48.0 Å². The second-order valence-corrected chi connectivity index (χ2v) is 4.30. The van der Waals surface area contributed by atoms with E-state index in [0.717, 1.165) is 0 Å². The molecule has 3 N–H and O–H groups in total. The molecule has 0 radical (unpaired) electrons. The predicted molar refractivity (Wildman–Crippen MR) is 78.9 cm³/mol. The van der Waals surface area contributed by atoms with Crippen LogP contribution in [0.4, 0.5) is 5.69 Å². The van der Waals surface area contributed by atoms with E-state index in [2.05, 4.69) is 15.3 Å². The average molecular weight is 288 g/mol. The Morgan fingerprint density at radius 2 is 2.00 bits per heavy atom. The summed E-state index contributed by atoms with van der Waals surface area (Å²) in [5.41, 5.74) is 7.09. The average Bonchev–Trinajstić information content (AvgIpc) is 2.48. The minimum absolute atomic E-state index is 0.262. The van der Waals surface area contributed by atoms with Gasteiger partial charge in [0.25, 0.3) is 5.91 Å². The molecule has 0 fully saturated rings. The molecule has 0 saturated heterocycles. The topological polar surface area (TPSA) is 90.1 Å². The van der Waals surface area contributed by atoms with Crippen molar-refractivity contribution in [2.45, 2.75) is 0 Å². The first kappa shape index (κ1) is 13.9. The molecule has 20 heavy (non-hydrogen) atoms. The lowest BCUT2D eigenvalue weighted by atomic mass is 10.2. The lowest BCUT2D eigenvalue weighted by Gasteiger charge is -2.11. The number of thiocarbonyl (C=S) groups is 1. The lowest BCUT2D eigenvalue weighted by Crippen LogP contribution is -2.14. The number of nitrogens with one attached hydrogen (secondary N) is 1. The molecule has 1 amide bonds. The quantitative estimate of drug-likeness (QED) is 0.826. The zero-order chi connectivity index (χ0) is 14.5. The van der Waals surface area contributed by atoms with Gasteiger partial charge >= 0.3 is 0 Å². The molecule has 1 heterocycles. The van der Waals surface area contributed by atoms with Crippen molar-refractivity contribution in [2.75, 3.05) is 12.4 Å². The molecule has 6 nitrogen and oxygen atoms in total. The van der Waals surface area contributed by atoms with Gasteiger partial charge in [-0.05, 0) is 18.2 Å². The Kier molecular flexibility index (Phi) is 4.21. The van der Waals surface area contributed by atoms with Crippen LogP contribution in [0.3, 0.4) is 0 Å². The van der Waals surface area contributed by atoms with E-state index < -0.39 is 0 Å². The summed E-state index contributed by atoms with van der Waals surface area (Å²) in [6.45, 7) is 0. The van der Waals surface area contributed by atoms with Gasteiger partial charge in [-0.2, -0.15) is 0 Å². The van der Waals surface area contributed by atoms with Gasteiger partial charge < -0.3 is 15.8 Å². The fourth-order valence-corrected chi connectivity index (χ4v) is 1.69. The summed E-state index contributed by atoms with van der Waals surface area (Å²) in [5.74, 6) is 0.146. The highest BCUT2D eigenvalue weighted by Gasteiger charge is 2.11. The molecule has 0 spiro atoms. The van der Waals surface area contributed by atoms with Crippen LogP contribution in [0.1, 0.15) is 15.9 Å². The predicted octanol–water partition coefficient (Wildman–Crippen LogP) is 1.37. The van der Waals surface area contributed by atoms with Gasteiger partial charge in [-0.3, -0.25) is 4.79 Å². The Morgan fingerprint density at radius 3 is 2.60 bits per heavy atom. The first-order chi connectivity index (χ1) is 9.61. The van der Waals surface area contributed by atoms with Crippen molar-refractivity contribution in [1.82, 2.24) is 9.97 Å². The molecular weight excluding hydrogens is 276 g/mol. The maximum atomic E-state index is 12.0. The summed E-state index contributed by atoms with van der Waals surface area (Å²) in [5, 5.41) is 2.72. The second-order valence-electron chi connectivity index (χ2n) is 3.86. The van der Waals surface area contributed by atoms with Crippen molar-refractivity contribution in [1.29, 1.82) is 0 Å². The van der Waals surface area contributed by atoms with Gasteiger partial charge in [0, 0.05) is 18.0 Å². The summed E-state index contributed by atoms with van der Waals surface area (Å²) < 4.78 is 5.21. The Bertz CT molecular complexity index is 646. The highest BCUT2D eigenvalue weighted by Crippen LogP contribution is 2.26. The van der Waals surface area contributed by atoms with E-state index in [4.69, 9.17) is 22.7 Å². The molecule has 1 aromatic heterocycles. The van der Waals surface area contributed by atoms with Crippen LogP contribution < -0.4 is 15.8 Å². The van der Waals surface area contributed by atoms with Gasteiger partial charge in [-0.25, -0.2) is 9.97 Å². The molecule has 0 aliphatic carbocycles. The monoisotopic (exact) mass is 288 g/mol. The van der Waals surface area contributed by atoms with Crippen LogP contribution in [0.5, 0.6) is 5.75 Å². The van der Waals surface area contributed by atoms with Crippen LogP contribution in [0, 0.1) is 0 Å². The highest BCUT2D eigenvalue weighted by atomic mass is 32.1. The zero-order valence-electron chi connectivity index (χ0n) is 10.7. The number of nitrogens with zero attached hydrogens (tertiary/aromatic N) is 2.